The summed E-state index contributed by atoms with van der Waals surface area (Å²) in [5.74, 6) is 0.497. The SMILES string of the molecule is COc1cc(C(C)(C)O)cc(Br)c1Oc1nc(C)nc(-c2ccccc2C(F)(F)F)n1. The molecule has 164 valence electrons. The molecule has 1 N–H and O–H groups in total. The van der Waals surface area contributed by atoms with Gasteiger partial charge in [-0.3, -0.25) is 0 Å². The summed E-state index contributed by atoms with van der Waals surface area (Å²) >= 11 is 3.37. The number of alkyl halides is 3. The molecular formula is C21H19BrF3N3O3. The van der Waals surface area contributed by atoms with Crippen molar-refractivity contribution < 1.29 is 27.8 Å². The fraction of sp³-hybridized carbons (Fsp3) is 0.286. The van der Waals surface area contributed by atoms with Gasteiger partial charge in [0, 0.05) is 5.56 Å². The molecule has 1 heterocycles. The zero-order valence-corrected chi connectivity index (χ0v) is 18.7. The van der Waals surface area contributed by atoms with E-state index in [9.17, 15) is 18.3 Å². The topological polar surface area (TPSA) is 77.4 Å². The molecule has 1 aromatic heterocycles. The Morgan fingerprint density at radius 3 is 2.32 bits per heavy atom. The van der Waals surface area contributed by atoms with Crippen LogP contribution in [0.3, 0.4) is 0 Å². The lowest BCUT2D eigenvalue weighted by Crippen LogP contribution is -2.15. The number of benzene rings is 2. The van der Waals surface area contributed by atoms with Gasteiger partial charge < -0.3 is 14.6 Å². The maximum absolute atomic E-state index is 13.4. The van der Waals surface area contributed by atoms with Crippen LogP contribution in [0.1, 0.15) is 30.8 Å². The van der Waals surface area contributed by atoms with Gasteiger partial charge in [0.05, 0.1) is 22.7 Å². The van der Waals surface area contributed by atoms with Gasteiger partial charge in [0.2, 0.25) is 0 Å². The fourth-order valence-corrected chi connectivity index (χ4v) is 3.34. The van der Waals surface area contributed by atoms with Crippen molar-refractivity contribution in [2.24, 2.45) is 0 Å². The van der Waals surface area contributed by atoms with Crippen molar-refractivity contribution >= 4 is 15.9 Å². The smallest absolute Gasteiger partial charge is 0.417 e. The fourth-order valence-electron chi connectivity index (χ4n) is 2.81. The molecule has 0 atom stereocenters. The van der Waals surface area contributed by atoms with Crippen molar-refractivity contribution in [3.05, 3.63) is 57.8 Å². The first-order valence-corrected chi connectivity index (χ1v) is 9.87. The molecule has 3 rings (SSSR count). The normalized spacial score (nSPS) is 12.0. The van der Waals surface area contributed by atoms with Crippen LogP contribution in [0.4, 0.5) is 13.2 Å². The van der Waals surface area contributed by atoms with Crippen molar-refractivity contribution in [2.45, 2.75) is 32.5 Å². The van der Waals surface area contributed by atoms with Crippen molar-refractivity contribution in [1.29, 1.82) is 0 Å². The predicted octanol–water partition coefficient (Wildman–Crippen LogP) is 5.66. The Labute approximate surface area is 185 Å². The van der Waals surface area contributed by atoms with Crippen molar-refractivity contribution in [3.63, 3.8) is 0 Å². The minimum absolute atomic E-state index is 0.168. The van der Waals surface area contributed by atoms with E-state index in [0.29, 0.717) is 10.0 Å². The van der Waals surface area contributed by atoms with E-state index in [1.165, 1.54) is 32.2 Å². The third kappa shape index (κ3) is 5.13. The third-order valence-electron chi connectivity index (χ3n) is 4.33. The van der Waals surface area contributed by atoms with Gasteiger partial charge >= 0.3 is 12.2 Å². The minimum atomic E-state index is -4.57. The highest BCUT2D eigenvalue weighted by molar-refractivity contribution is 9.10. The second-order valence-electron chi connectivity index (χ2n) is 7.18. The number of halogens is 4. The number of aliphatic hydroxyl groups is 1. The highest BCUT2D eigenvalue weighted by Gasteiger charge is 2.34. The van der Waals surface area contributed by atoms with Crippen LogP contribution in [-0.4, -0.2) is 27.2 Å². The molecule has 2 aromatic carbocycles. The van der Waals surface area contributed by atoms with Gasteiger partial charge in [-0.05, 0) is 60.5 Å². The van der Waals surface area contributed by atoms with E-state index < -0.39 is 17.3 Å². The van der Waals surface area contributed by atoms with Crippen molar-refractivity contribution in [2.75, 3.05) is 7.11 Å². The Morgan fingerprint density at radius 2 is 1.71 bits per heavy atom. The zero-order chi connectivity index (χ0) is 23.0. The highest BCUT2D eigenvalue weighted by Crippen LogP contribution is 2.41. The van der Waals surface area contributed by atoms with E-state index in [2.05, 4.69) is 30.9 Å². The zero-order valence-electron chi connectivity index (χ0n) is 17.1. The highest BCUT2D eigenvalue weighted by atomic mass is 79.9. The molecule has 0 radical (unpaired) electrons. The molecule has 6 nitrogen and oxygen atoms in total. The van der Waals surface area contributed by atoms with Gasteiger partial charge in [0.15, 0.2) is 17.3 Å². The maximum atomic E-state index is 13.4. The number of ether oxygens (including phenoxy) is 2. The van der Waals surface area contributed by atoms with Gasteiger partial charge in [-0.25, -0.2) is 4.98 Å². The van der Waals surface area contributed by atoms with Crippen LogP contribution in [0, 0.1) is 6.92 Å². The molecule has 3 aromatic rings. The number of aryl methyl sites for hydroxylation is 1. The van der Waals surface area contributed by atoms with Gasteiger partial charge in [-0.15, -0.1) is 0 Å². The van der Waals surface area contributed by atoms with Crippen LogP contribution in [0.5, 0.6) is 17.5 Å². The van der Waals surface area contributed by atoms with Crippen LogP contribution < -0.4 is 9.47 Å². The second-order valence-corrected chi connectivity index (χ2v) is 8.04. The summed E-state index contributed by atoms with van der Waals surface area (Å²) in [4.78, 5) is 12.2. The average molecular weight is 498 g/mol. The van der Waals surface area contributed by atoms with E-state index in [4.69, 9.17) is 9.47 Å². The molecular weight excluding hydrogens is 479 g/mol. The molecule has 0 unspecified atom stereocenters. The monoisotopic (exact) mass is 497 g/mol. The lowest BCUT2D eigenvalue weighted by atomic mass is 9.98. The molecule has 0 saturated heterocycles. The van der Waals surface area contributed by atoms with Crippen LogP contribution in [0.15, 0.2) is 40.9 Å². The van der Waals surface area contributed by atoms with Crippen molar-refractivity contribution in [3.8, 4) is 28.9 Å². The number of methoxy groups -OCH3 is 1. The van der Waals surface area contributed by atoms with E-state index in [1.54, 1.807) is 26.0 Å². The standard InChI is InChI=1S/C21H19BrF3N3O3/c1-11-26-18(13-7-5-6-8-14(13)21(23,24)25)28-19(27-11)31-17-15(22)9-12(20(2,3)29)10-16(17)30-4/h5-10,29H,1-4H3. The Bertz CT molecular complexity index is 1120. The molecule has 0 aliphatic rings. The van der Waals surface area contributed by atoms with Gasteiger partial charge in [0.25, 0.3) is 0 Å². The summed E-state index contributed by atoms with van der Waals surface area (Å²) < 4.78 is 51.8. The largest absolute Gasteiger partial charge is 0.493 e. The lowest BCUT2D eigenvalue weighted by molar-refractivity contribution is -0.137. The number of nitrogens with zero attached hydrogens (tertiary/aromatic N) is 3. The van der Waals surface area contributed by atoms with Gasteiger partial charge in [0.1, 0.15) is 5.82 Å². The summed E-state index contributed by atoms with van der Waals surface area (Å²) in [5.41, 5.74) is -1.61. The van der Waals surface area contributed by atoms with E-state index >= 15 is 0 Å². The molecule has 0 spiro atoms. The molecule has 0 aliphatic carbocycles. The number of hydrogen-bond acceptors (Lipinski definition) is 6. The Hall–Kier alpha value is -2.72. The first-order chi connectivity index (χ1) is 14.4. The number of hydrogen-bond donors (Lipinski definition) is 1. The number of aromatic nitrogens is 3. The van der Waals surface area contributed by atoms with Crippen molar-refractivity contribution in [1.82, 2.24) is 15.0 Å². The van der Waals surface area contributed by atoms with E-state index in [1.807, 2.05) is 0 Å². The molecule has 0 saturated carbocycles. The molecule has 0 fully saturated rings. The molecule has 10 heteroatoms. The van der Waals surface area contributed by atoms with E-state index in [-0.39, 0.29) is 34.7 Å². The average Bonchev–Trinajstić information content (AvgIpc) is 2.67. The van der Waals surface area contributed by atoms with E-state index in [0.717, 1.165) is 6.07 Å². The third-order valence-corrected chi connectivity index (χ3v) is 4.92. The Kier molecular flexibility index (Phi) is 6.24. The summed E-state index contributed by atoms with van der Waals surface area (Å²) in [6.45, 7) is 4.76. The summed E-state index contributed by atoms with van der Waals surface area (Å²) in [5, 5.41) is 10.3. The Balaban J connectivity index is 2.08. The molecule has 31 heavy (non-hydrogen) atoms. The maximum Gasteiger partial charge on any atom is 0.417 e. The molecule has 0 aliphatic heterocycles. The summed E-state index contributed by atoms with van der Waals surface area (Å²) in [6, 6.07) is 8.05. The predicted molar refractivity (Wildman–Crippen MR) is 111 cm³/mol. The second kappa shape index (κ2) is 8.43. The molecule has 0 amide bonds. The molecule has 0 bridgehead atoms. The van der Waals surface area contributed by atoms with Crippen LogP contribution in [-0.2, 0) is 11.8 Å². The van der Waals surface area contributed by atoms with Crippen LogP contribution in [0.2, 0.25) is 0 Å². The first-order valence-electron chi connectivity index (χ1n) is 9.07. The summed E-state index contributed by atoms with van der Waals surface area (Å²) in [7, 11) is 1.42. The quantitative estimate of drug-likeness (QED) is 0.490. The van der Waals surface area contributed by atoms with Gasteiger partial charge in [-0.1, -0.05) is 18.2 Å². The lowest BCUT2D eigenvalue weighted by Gasteiger charge is -2.21. The number of rotatable bonds is 5. The van der Waals surface area contributed by atoms with Crippen LogP contribution in [0.25, 0.3) is 11.4 Å². The van der Waals surface area contributed by atoms with Crippen LogP contribution >= 0.6 is 15.9 Å². The summed E-state index contributed by atoms with van der Waals surface area (Å²) in [6.07, 6.45) is -4.57. The first kappa shape index (κ1) is 23.0. The Morgan fingerprint density at radius 1 is 1.03 bits per heavy atom. The minimum Gasteiger partial charge on any atom is -0.493 e. The van der Waals surface area contributed by atoms with Gasteiger partial charge in [-0.2, -0.15) is 23.1 Å².